The van der Waals surface area contributed by atoms with E-state index in [9.17, 15) is 13.2 Å². The third kappa shape index (κ3) is 3.18. The van der Waals surface area contributed by atoms with Gasteiger partial charge in [-0.3, -0.25) is 4.79 Å². The SMILES string of the molecule is Cc1cc(N)cc(C)c1S(=O)(=O)NCC(N)=O. The zero-order valence-electron chi connectivity index (χ0n) is 9.65. The number of rotatable bonds is 4. The number of carbonyl (C=O) groups is 1. The van der Waals surface area contributed by atoms with E-state index in [0.29, 0.717) is 16.8 Å². The molecule has 1 rings (SSSR count). The number of sulfonamides is 1. The molecule has 0 aromatic heterocycles. The van der Waals surface area contributed by atoms with Crippen molar-refractivity contribution in [3.63, 3.8) is 0 Å². The van der Waals surface area contributed by atoms with Crippen LogP contribution in [0, 0.1) is 13.8 Å². The second-order valence-corrected chi connectivity index (χ2v) is 5.48. The van der Waals surface area contributed by atoms with E-state index in [4.69, 9.17) is 11.5 Å². The second kappa shape index (κ2) is 4.72. The lowest BCUT2D eigenvalue weighted by atomic mass is 10.1. The maximum atomic E-state index is 11.9. The Balaban J connectivity index is 3.20. The molecule has 1 aromatic carbocycles. The largest absolute Gasteiger partial charge is 0.399 e. The third-order valence-electron chi connectivity index (χ3n) is 2.19. The molecule has 0 bridgehead atoms. The van der Waals surface area contributed by atoms with Gasteiger partial charge in [-0.25, -0.2) is 13.1 Å². The van der Waals surface area contributed by atoms with Gasteiger partial charge in [0.15, 0.2) is 0 Å². The first-order chi connectivity index (χ1) is 7.74. The van der Waals surface area contributed by atoms with E-state index < -0.39 is 22.5 Å². The number of nitrogens with two attached hydrogens (primary N) is 2. The molecule has 0 saturated carbocycles. The molecule has 0 aliphatic heterocycles. The number of aryl methyl sites for hydroxylation is 2. The topological polar surface area (TPSA) is 115 Å². The Hall–Kier alpha value is -1.60. The van der Waals surface area contributed by atoms with Gasteiger partial charge in [0.1, 0.15) is 0 Å². The van der Waals surface area contributed by atoms with E-state index in [1.165, 1.54) is 0 Å². The van der Waals surface area contributed by atoms with E-state index in [0.717, 1.165) is 0 Å². The number of amides is 1. The van der Waals surface area contributed by atoms with Crippen LogP contribution in [0.3, 0.4) is 0 Å². The van der Waals surface area contributed by atoms with Crippen molar-refractivity contribution in [3.8, 4) is 0 Å². The molecule has 0 aliphatic carbocycles. The van der Waals surface area contributed by atoms with Crippen molar-refractivity contribution in [3.05, 3.63) is 23.3 Å². The summed E-state index contributed by atoms with van der Waals surface area (Å²) in [5.74, 6) is -0.737. The molecule has 6 nitrogen and oxygen atoms in total. The zero-order valence-corrected chi connectivity index (χ0v) is 10.5. The Bertz CT molecular complexity index is 529. The predicted molar refractivity (Wildman–Crippen MR) is 64.7 cm³/mol. The van der Waals surface area contributed by atoms with Crippen molar-refractivity contribution < 1.29 is 13.2 Å². The summed E-state index contributed by atoms with van der Waals surface area (Å²) in [5, 5.41) is 0. The van der Waals surface area contributed by atoms with Crippen LogP contribution in [-0.4, -0.2) is 20.9 Å². The molecule has 0 fully saturated rings. The molecule has 1 aromatic rings. The number of nitrogen functional groups attached to an aromatic ring is 1. The van der Waals surface area contributed by atoms with E-state index >= 15 is 0 Å². The molecule has 7 heteroatoms. The van der Waals surface area contributed by atoms with Crippen molar-refractivity contribution in [2.45, 2.75) is 18.7 Å². The molecule has 5 N–H and O–H groups in total. The average molecular weight is 257 g/mol. The highest BCUT2D eigenvalue weighted by Crippen LogP contribution is 2.22. The van der Waals surface area contributed by atoms with E-state index in [2.05, 4.69) is 4.72 Å². The number of hydrogen-bond acceptors (Lipinski definition) is 4. The van der Waals surface area contributed by atoms with Crippen LogP contribution in [0.2, 0.25) is 0 Å². The molecule has 0 radical (unpaired) electrons. The highest BCUT2D eigenvalue weighted by Gasteiger charge is 2.20. The van der Waals surface area contributed by atoms with Gasteiger partial charge in [0.05, 0.1) is 11.4 Å². The average Bonchev–Trinajstić information content (AvgIpc) is 2.12. The minimum Gasteiger partial charge on any atom is -0.399 e. The second-order valence-electron chi connectivity index (χ2n) is 3.77. The van der Waals surface area contributed by atoms with Crippen molar-refractivity contribution in [2.75, 3.05) is 12.3 Å². The lowest BCUT2D eigenvalue weighted by Gasteiger charge is -2.12. The zero-order chi connectivity index (χ0) is 13.2. The standard InChI is InChI=1S/C10H15N3O3S/c1-6-3-8(11)4-7(2)10(6)17(15,16)13-5-9(12)14/h3-4,13H,5,11H2,1-2H3,(H2,12,14). The summed E-state index contributed by atoms with van der Waals surface area (Å²) in [6.07, 6.45) is 0. The first-order valence-corrected chi connectivity index (χ1v) is 6.37. The highest BCUT2D eigenvalue weighted by molar-refractivity contribution is 7.89. The van der Waals surface area contributed by atoms with Crippen LogP contribution in [-0.2, 0) is 14.8 Å². The normalized spacial score (nSPS) is 11.4. The summed E-state index contributed by atoms with van der Waals surface area (Å²) in [7, 11) is -3.74. The van der Waals surface area contributed by atoms with Crippen LogP contribution in [0.1, 0.15) is 11.1 Å². The fourth-order valence-electron chi connectivity index (χ4n) is 1.65. The van der Waals surface area contributed by atoms with Crippen LogP contribution in [0.5, 0.6) is 0 Å². The van der Waals surface area contributed by atoms with Gasteiger partial charge in [0.2, 0.25) is 15.9 Å². The molecule has 17 heavy (non-hydrogen) atoms. The van der Waals surface area contributed by atoms with Gasteiger partial charge in [-0.2, -0.15) is 0 Å². The monoisotopic (exact) mass is 257 g/mol. The van der Waals surface area contributed by atoms with Gasteiger partial charge in [-0.15, -0.1) is 0 Å². The highest BCUT2D eigenvalue weighted by atomic mass is 32.2. The van der Waals surface area contributed by atoms with Crippen molar-refractivity contribution in [1.82, 2.24) is 4.72 Å². The molecule has 0 heterocycles. The summed E-state index contributed by atoms with van der Waals surface area (Å²) >= 11 is 0. The minimum absolute atomic E-state index is 0.132. The quantitative estimate of drug-likeness (QED) is 0.639. The summed E-state index contributed by atoms with van der Waals surface area (Å²) < 4.78 is 26.0. The predicted octanol–water partition coefficient (Wildman–Crippen LogP) is -0.351. The number of anilines is 1. The molecular formula is C10H15N3O3S. The Morgan fingerprint density at radius 1 is 1.29 bits per heavy atom. The van der Waals surface area contributed by atoms with Gasteiger partial charge in [-0.05, 0) is 37.1 Å². The number of nitrogens with one attached hydrogen (secondary N) is 1. The van der Waals surface area contributed by atoms with Gasteiger partial charge in [-0.1, -0.05) is 0 Å². The summed E-state index contributed by atoms with van der Waals surface area (Å²) in [4.78, 5) is 10.7. The molecule has 0 unspecified atom stereocenters. The lowest BCUT2D eigenvalue weighted by Crippen LogP contribution is -2.34. The molecular weight excluding hydrogens is 242 g/mol. The van der Waals surface area contributed by atoms with Crippen LogP contribution in [0.25, 0.3) is 0 Å². The van der Waals surface area contributed by atoms with Crippen LogP contribution < -0.4 is 16.2 Å². The maximum Gasteiger partial charge on any atom is 0.241 e. The first kappa shape index (κ1) is 13.5. The molecule has 0 atom stereocenters. The summed E-state index contributed by atoms with van der Waals surface area (Å²) in [5.41, 5.74) is 12.0. The van der Waals surface area contributed by atoms with E-state index in [1.807, 2.05) is 0 Å². The van der Waals surface area contributed by atoms with Gasteiger partial charge < -0.3 is 11.5 Å². The number of primary amides is 1. The van der Waals surface area contributed by atoms with E-state index in [1.54, 1.807) is 26.0 Å². The fraction of sp³-hybridized carbons (Fsp3) is 0.300. The minimum atomic E-state index is -3.74. The third-order valence-corrected chi connectivity index (χ3v) is 3.89. The molecule has 1 amide bonds. The van der Waals surface area contributed by atoms with Crippen LogP contribution in [0.4, 0.5) is 5.69 Å². The van der Waals surface area contributed by atoms with Crippen LogP contribution >= 0.6 is 0 Å². The van der Waals surface area contributed by atoms with Crippen molar-refractivity contribution in [2.24, 2.45) is 5.73 Å². The van der Waals surface area contributed by atoms with Crippen LogP contribution in [0.15, 0.2) is 17.0 Å². The van der Waals surface area contributed by atoms with Crippen molar-refractivity contribution >= 4 is 21.6 Å². The lowest BCUT2D eigenvalue weighted by molar-refractivity contribution is -0.116. The van der Waals surface area contributed by atoms with E-state index in [-0.39, 0.29) is 4.90 Å². The smallest absolute Gasteiger partial charge is 0.241 e. The Morgan fingerprint density at radius 3 is 2.18 bits per heavy atom. The first-order valence-electron chi connectivity index (χ1n) is 4.88. The van der Waals surface area contributed by atoms with Gasteiger partial charge >= 0.3 is 0 Å². The molecule has 0 saturated heterocycles. The molecule has 0 spiro atoms. The molecule has 94 valence electrons. The summed E-state index contributed by atoms with van der Waals surface area (Å²) in [6.45, 7) is 2.86. The number of benzene rings is 1. The Labute approximate surface area is 100 Å². The summed E-state index contributed by atoms with van der Waals surface area (Å²) in [6, 6.07) is 3.12. The Morgan fingerprint density at radius 2 is 1.76 bits per heavy atom. The number of carbonyl (C=O) groups excluding carboxylic acids is 1. The van der Waals surface area contributed by atoms with Crippen molar-refractivity contribution in [1.29, 1.82) is 0 Å². The number of hydrogen-bond donors (Lipinski definition) is 3. The van der Waals surface area contributed by atoms with Gasteiger partial charge in [0.25, 0.3) is 0 Å². The fourth-order valence-corrected chi connectivity index (χ4v) is 3.09. The maximum absolute atomic E-state index is 11.9. The molecule has 0 aliphatic rings. The van der Waals surface area contributed by atoms with Gasteiger partial charge in [0, 0.05) is 5.69 Å². The Kier molecular flexibility index (Phi) is 3.74.